The van der Waals surface area contributed by atoms with Gasteiger partial charge in [-0.3, -0.25) is 9.59 Å². The monoisotopic (exact) mass is 255 g/mol. The van der Waals surface area contributed by atoms with Gasteiger partial charge in [-0.1, -0.05) is 19.8 Å². The normalized spacial score (nSPS) is 28.0. The van der Waals surface area contributed by atoms with Gasteiger partial charge in [0.2, 0.25) is 0 Å². The van der Waals surface area contributed by atoms with E-state index in [2.05, 4.69) is 0 Å². The minimum Gasteiger partial charge on any atom is -0.481 e. The molecule has 1 aliphatic rings. The number of rotatable bonds is 4. The van der Waals surface area contributed by atoms with E-state index in [4.69, 9.17) is 10.8 Å². The summed E-state index contributed by atoms with van der Waals surface area (Å²) in [5, 5.41) is 8.87. The number of hydrogen-bond donors (Lipinski definition) is 2. The second kappa shape index (κ2) is 7.52. The predicted molar refractivity (Wildman–Crippen MR) is 70.2 cm³/mol. The number of Topliss-reactive ketones (excluding diaryl/α,β-unsaturated/α-hetero) is 1. The van der Waals surface area contributed by atoms with Crippen molar-refractivity contribution >= 4 is 11.8 Å². The highest BCUT2D eigenvalue weighted by Crippen LogP contribution is 2.25. The molecule has 18 heavy (non-hydrogen) atoms. The quantitative estimate of drug-likeness (QED) is 0.808. The number of carboxylic acid groups (broad SMARTS) is 1. The van der Waals surface area contributed by atoms with Crippen LogP contribution < -0.4 is 5.73 Å². The molecule has 104 valence electrons. The zero-order valence-electron chi connectivity index (χ0n) is 11.2. The first-order chi connectivity index (χ1) is 8.50. The zero-order valence-corrected chi connectivity index (χ0v) is 11.2. The smallest absolute Gasteiger partial charge is 0.306 e. The third-order valence-corrected chi connectivity index (χ3v) is 4.01. The van der Waals surface area contributed by atoms with Gasteiger partial charge in [-0.2, -0.15) is 0 Å². The zero-order chi connectivity index (χ0) is 13.5. The Morgan fingerprint density at radius 3 is 2.78 bits per heavy atom. The molecule has 1 fully saturated rings. The van der Waals surface area contributed by atoms with E-state index in [9.17, 15) is 9.59 Å². The molecule has 3 N–H and O–H groups in total. The van der Waals surface area contributed by atoms with Crippen molar-refractivity contribution < 1.29 is 14.7 Å². The highest BCUT2D eigenvalue weighted by molar-refractivity contribution is 5.83. The Balaban J connectivity index is 2.39. The fraction of sp³-hybridized carbons (Fsp3) is 0.857. The fourth-order valence-electron chi connectivity index (χ4n) is 2.54. The third-order valence-electron chi connectivity index (χ3n) is 4.01. The van der Waals surface area contributed by atoms with Crippen LogP contribution in [-0.4, -0.2) is 22.9 Å². The summed E-state index contributed by atoms with van der Waals surface area (Å²) < 4.78 is 0. The molecule has 3 atom stereocenters. The van der Waals surface area contributed by atoms with E-state index in [1.54, 1.807) is 6.92 Å². The maximum absolute atomic E-state index is 11.6. The van der Waals surface area contributed by atoms with Crippen LogP contribution in [0.3, 0.4) is 0 Å². The summed E-state index contributed by atoms with van der Waals surface area (Å²) in [5.74, 6) is -0.267. The molecule has 4 nitrogen and oxygen atoms in total. The van der Waals surface area contributed by atoms with Crippen molar-refractivity contribution in [2.75, 3.05) is 0 Å². The Morgan fingerprint density at radius 2 is 2.11 bits per heavy atom. The summed E-state index contributed by atoms with van der Waals surface area (Å²) in [6.07, 6.45) is 7.08. The lowest BCUT2D eigenvalue weighted by atomic mass is 9.89. The van der Waals surface area contributed by atoms with Crippen LogP contribution in [0.25, 0.3) is 0 Å². The van der Waals surface area contributed by atoms with Gasteiger partial charge < -0.3 is 10.8 Å². The summed E-state index contributed by atoms with van der Waals surface area (Å²) in [6, 6.07) is -0.303. The van der Waals surface area contributed by atoms with Crippen molar-refractivity contribution in [2.45, 2.75) is 64.3 Å². The van der Waals surface area contributed by atoms with Gasteiger partial charge in [0.15, 0.2) is 0 Å². The summed E-state index contributed by atoms with van der Waals surface area (Å²) in [6.45, 7) is 1.76. The minimum absolute atomic E-state index is 0.189. The number of carbonyl (C=O) groups is 2. The molecule has 0 aromatic heterocycles. The Bertz CT molecular complexity index is 291. The van der Waals surface area contributed by atoms with Gasteiger partial charge in [0.1, 0.15) is 5.78 Å². The van der Waals surface area contributed by atoms with E-state index in [0.717, 1.165) is 44.9 Å². The Hall–Kier alpha value is -0.900. The second-order valence-corrected chi connectivity index (χ2v) is 5.58. The molecule has 0 aromatic carbocycles. The van der Waals surface area contributed by atoms with Crippen LogP contribution in [0.1, 0.15) is 58.3 Å². The lowest BCUT2D eigenvalue weighted by Crippen LogP contribution is -2.30. The first kappa shape index (κ1) is 15.2. The van der Waals surface area contributed by atoms with Crippen molar-refractivity contribution in [3.63, 3.8) is 0 Å². The van der Waals surface area contributed by atoms with Gasteiger partial charge in [-0.15, -0.1) is 0 Å². The molecular weight excluding hydrogens is 230 g/mol. The average molecular weight is 255 g/mol. The van der Waals surface area contributed by atoms with E-state index >= 15 is 0 Å². The summed E-state index contributed by atoms with van der Waals surface area (Å²) in [7, 11) is 0. The van der Waals surface area contributed by atoms with Gasteiger partial charge in [0.25, 0.3) is 0 Å². The molecule has 0 radical (unpaired) electrons. The lowest BCUT2D eigenvalue weighted by Gasteiger charge is -2.18. The molecule has 0 aromatic rings. The molecule has 1 rings (SSSR count). The number of aliphatic carboxylic acids is 1. The minimum atomic E-state index is -0.718. The maximum Gasteiger partial charge on any atom is 0.306 e. The predicted octanol–water partition coefficient (Wildman–Crippen LogP) is 2.35. The van der Waals surface area contributed by atoms with Crippen molar-refractivity contribution in [1.29, 1.82) is 0 Å². The number of nitrogens with two attached hydrogens (primary N) is 1. The Kier molecular flexibility index (Phi) is 6.33. The van der Waals surface area contributed by atoms with Crippen LogP contribution in [0.2, 0.25) is 0 Å². The molecule has 1 saturated carbocycles. The van der Waals surface area contributed by atoms with E-state index in [1.165, 1.54) is 0 Å². The molecule has 0 amide bonds. The molecule has 0 heterocycles. The van der Waals surface area contributed by atoms with E-state index in [1.807, 2.05) is 0 Å². The summed E-state index contributed by atoms with van der Waals surface area (Å²) >= 11 is 0. The van der Waals surface area contributed by atoms with Gasteiger partial charge >= 0.3 is 5.97 Å². The van der Waals surface area contributed by atoms with Crippen molar-refractivity contribution in [3.8, 4) is 0 Å². The van der Waals surface area contributed by atoms with Gasteiger partial charge in [0, 0.05) is 6.42 Å². The van der Waals surface area contributed by atoms with Gasteiger partial charge in [-0.25, -0.2) is 0 Å². The molecular formula is C14H25NO3. The SMILES string of the molecule is C[C@@H](CCC1CCCCC(=O)[C@@H](N)CC1)C(=O)O. The fourth-order valence-corrected chi connectivity index (χ4v) is 2.54. The second-order valence-electron chi connectivity index (χ2n) is 5.58. The van der Waals surface area contributed by atoms with Crippen LogP contribution in [0.5, 0.6) is 0 Å². The standard InChI is InChI=1S/C14H25NO3/c1-10(14(17)18)6-7-11-4-2-3-5-13(16)12(15)9-8-11/h10-12H,2-9,15H2,1H3,(H,17,18)/t10-,11?,12-/m0/s1. The van der Waals surface area contributed by atoms with E-state index in [-0.39, 0.29) is 17.7 Å². The molecule has 0 spiro atoms. The maximum atomic E-state index is 11.6. The number of ketones is 1. The van der Waals surface area contributed by atoms with Crippen LogP contribution in [0, 0.1) is 11.8 Å². The Labute approximate surface area is 109 Å². The molecule has 1 unspecified atom stereocenters. The van der Waals surface area contributed by atoms with Crippen molar-refractivity contribution in [3.05, 3.63) is 0 Å². The number of carboxylic acids is 1. The molecule has 4 heteroatoms. The summed E-state index contributed by atoms with van der Waals surface area (Å²) in [5.41, 5.74) is 5.84. The van der Waals surface area contributed by atoms with Crippen molar-refractivity contribution in [1.82, 2.24) is 0 Å². The van der Waals surface area contributed by atoms with Gasteiger partial charge in [-0.05, 0) is 38.0 Å². The van der Waals surface area contributed by atoms with Crippen LogP contribution in [0.15, 0.2) is 0 Å². The molecule has 0 aliphatic heterocycles. The van der Waals surface area contributed by atoms with Crippen LogP contribution in [0.4, 0.5) is 0 Å². The lowest BCUT2D eigenvalue weighted by molar-refractivity contribution is -0.141. The van der Waals surface area contributed by atoms with Crippen molar-refractivity contribution in [2.24, 2.45) is 17.6 Å². The largest absolute Gasteiger partial charge is 0.481 e. The number of carbonyl (C=O) groups excluding carboxylic acids is 1. The van der Waals surface area contributed by atoms with E-state index < -0.39 is 5.97 Å². The third kappa shape index (κ3) is 5.17. The van der Waals surface area contributed by atoms with Crippen LogP contribution >= 0.6 is 0 Å². The average Bonchev–Trinajstić information content (AvgIpc) is 2.41. The highest BCUT2D eigenvalue weighted by atomic mass is 16.4. The molecule has 0 bridgehead atoms. The highest BCUT2D eigenvalue weighted by Gasteiger charge is 2.20. The van der Waals surface area contributed by atoms with Gasteiger partial charge in [0.05, 0.1) is 12.0 Å². The molecule has 1 aliphatic carbocycles. The van der Waals surface area contributed by atoms with E-state index in [0.29, 0.717) is 12.3 Å². The topological polar surface area (TPSA) is 80.4 Å². The Morgan fingerprint density at radius 1 is 1.39 bits per heavy atom. The van der Waals surface area contributed by atoms with Crippen LogP contribution in [-0.2, 0) is 9.59 Å². The summed E-state index contributed by atoms with van der Waals surface area (Å²) in [4.78, 5) is 22.4. The molecule has 0 saturated heterocycles. The number of hydrogen-bond acceptors (Lipinski definition) is 3. The first-order valence-electron chi connectivity index (χ1n) is 7.01. The first-order valence-corrected chi connectivity index (χ1v) is 7.01.